The van der Waals surface area contributed by atoms with Gasteiger partial charge in [-0.15, -0.1) is 0 Å². The Hall–Kier alpha value is -10.3. The molecule has 3 heterocycles. The fraction of sp³-hybridized carbons (Fsp3) is 0.316. The molecule has 9 aromatic carbocycles. The molecular formula is C79H86N8O10. The predicted octanol–water partition coefficient (Wildman–Crippen LogP) is 12.4. The van der Waals surface area contributed by atoms with Gasteiger partial charge in [-0.05, 0) is 180 Å². The molecule has 97 heavy (non-hydrogen) atoms. The lowest BCUT2D eigenvalue weighted by Gasteiger charge is -2.18. The van der Waals surface area contributed by atoms with Gasteiger partial charge in [0, 0.05) is 50.4 Å². The molecule has 0 aromatic heterocycles. The number of rotatable bonds is 21. The molecule has 0 bridgehead atoms. The summed E-state index contributed by atoms with van der Waals surface area (Å²) in [7, 11) is 12.0. The highest BCUT2D eigenvalue weighted by Crippen LogP contribution is 2.33. The van der Waals surface area contributed by atoms with Gasteiger partial charge in [0.15, 0.2) is 11.5 Å². The van der Waals surface area contributed by atoms with Crippen LogP contribution in [0.1, 0.15) is 81.5 Å². The van der Waals surface area contributed by atoms with Gasteiger partial charge in [0.25, 0.3) is 0 Å². The molecule has 0 aliphatic carbocycles. The Morgan fingerprint density at radius 1 is 0.464 bits per heavy atom. The molecule has 0 saturated carbocycles. The first-order valence-electron chi connectivity index (χ1n) is 32.7. The van der Waals surface area contributed by atoms with Crippen LogP contribution in [0, 0.1) is 12.0 Å². The van der Waals surface area contributed by atoms with E-state index >= 15 is 0 Å². The fourth-order valence-electron chi connectivity index (χ4n) is 12.8. The molecule has 0 radical (unpaired) electrons. The Labute approximate surface area is 567 Å². The summed E-state index contributed by atoms with van der Waals surface area (Å²) in [6.45, 7) is 13.2. The van der Waals surface area contributed by atoms with Crippen LogP contribution in [0.15, 0.2) is 187 Å². The van der Waals surface area contributed by atoms with Crippen LogP contribution < -0.4 is 25.7 Å². The summed E-state index contributed by atoms with van der Waals surface area (Å²) in [5.74, 6) is 0.776. The van der Waals surface area contributed by atoms with Crippen molar-refractivity contribution >= 4 is 67.6 Å². The number of ether oxygens (including phenoxy) is 6. The van der Waals surface area contributed by atoms with Crippen molar-refractivity contribution < 1.29 is 47.6 Å². The summed E-state index contributed by atoms with van der Waals surface area (Å²) in [5, 5.41) is 17.7. The third-order valence-electron chi connectivity index (χ3n) is 18.2. The van der Waals surface area contributed by atoms with Gasteiger partial charge in [-0.3, -0.25) is 19.8 Å². The summed E-state index contributed by atoms with van der Waals surface area (Å²) >= 11 is 0. The highest BCUT2D eigenvalue weighted by atomic mass is 16.6. The van der Waals surface area contributed by atoms with Gasteiger partial charge in [0.05, 0.1) is 45.7 Å². The number of hydrogen-bond acceptors (Lipinski definition) is 15. The minimum atomic E-state index is -0.419. The van der Waals surface area contributed by atoms with Crippen LogP contribution >= 0.6 is 0 Å². The number of likely N-dealkylation sites (N-methyl/N-ethyl adjacent to an activating group) is 3. The van der Waals surface area contributed by atoms with Crippen LogP contribution in [-0.2, 0) is 52.7 Å². The lowest BCUT2D eigenvalue weighted by Crippen LogP contribution is -2.21. The smallest absolute Gasteiger partial charge is 0.313 e. The molecule has 3 saturated heterocycles. The second-order valence-corrected chi connectivity index (χ2v) is 25.3. The topological polar surface area (TPSA) is 218 Å². The number of oxime groups is 1. The molecule has 6 atom stereocenters. The van der Waals surface area contributed by atoms with Crippen molar-refractivity contribution in [1.29, 1.82) is 5.41 Å². The Balaban J connectivity index is 0.000000158. The molecule has 5 N–H and O–H groups in total. The lowest BCUT2D eigenvalue weighted by molar-refractivity contribution is -0.143. The summed E-state index contributed by atoms with van der Waals surface area (Å²) in [5.41, 5.74) is 19.4. The Bertz CT molecular complexity index is 4290. The molecule has 502 valence electrons. The van der Waals surface area contributed by atoms with Crippen molar-refractivity contribution in [1.82, 2.24) is 14.7 Å². The lowest BCUT2D eigenvalue weighted by atomic mass is 9.91. The number of benzene rings is 9. The van der Waals surface area contributed by atoms with Gasteiger partial charge >= 0.3 is 17.9 Å². The van der Waals surface area contributed by atoms with E-state index in [-0.39, 0.29) is 42.1 Å². The van der Waals surface area contributed by atoms with E-state index in [1.807, 2.05) is 176 Å². The molecular weight excluding hydrogens is 1220 g/mol. The maximum atomic E-state index is 12.7. The van der Waals surface area contributed by atoms with Crippen molar-refractivity contribution in [2.75, 3.05) is 88.9 Å². The average Bonchev–Trinajstić information content (AvgIpc) is 1.53. The minimum Gasteiger partial charge on any atom is -0.489 e. The van der Waals surface area contributed by atoms with Crippen LogP contribution in [0.4, 0.5) is 5.69 Å². The Morgan fingerprint density at radius 2 is 0.794 bits per heavy atom. The molecule has 18 nitrogen and oxygen atoms in total. The van der Waals surface area contributed by atoms with Gasteiger partial charge in [0.1, 0.15) is 48.5 Å². The molecule has 0 amide bonds. The second-order valence-electron chi connectivity index (χ2n) is 25.3. The van der Waals surface area contributed by atoms with Crippen molar-refractivity contribution in [3.63, 3.8) is 0 Å². The van der Waals surface area contributed by atoms with Crippen molar-refractivity contribution in [2.45, 2.75) is 74.6 Å². The maximum Gasteiger partial charge on any atom is 0.313 e. The number of nitrogens with zero attached hydrogens (tertiary/aromatic N) is 5. The normalized spacial score (nSPS) is 17.3. The van der Waals surface area contributed by atoms with Crippen LogP contribution in [0.2, 0.25) is 0 Å². The number of nitrogens with two attached hydrogens (primary N) is 2. The van der Waals surface area contributed by atoms with Crippen LogP contribution in [0.3, 0.4) is 0 Å². The number of esters is 3. The minimum absolute atomic E-state index is 0.0382. The highest BCUT2D eigenvalue weighted by molar-refractivity contribution is 6.01. The summed E-state index contributed by atoms with van der Waals surface area (Å²) in [6.07, 6.45) is 5.26. The number of amidine groups is 2. The zero-order valence-corrected chi connectivity index (χ0v) is 56.2. The average molecular weight is 1310 g/mol. The molecule has 0 spiro atoms. The fourth-order valence-corrected chi connectivity index (χ4v) is 12.8. The van der Waals surface area contributed by atoms with E-state index in [0.717, 1.165) is 147 Å². The highest BCUT2D eigenvalue weighted by Gasteiger charge is 2.28. The number of nitrogen functional groups attached to an aromatic ring is 1. The number of hydrogen-bond donors (Lipinski definition) is 3. The van der Waals surface area contributed by atoms with Gasteiger partial charge in [-0.2, -0.15) is 0 Å². The van der Waals surface area contributed by atoms with E-state index in [2.05, 4.69) is 51.9 Å². The third-order valence-corrected chi connectivity index (χ3v) is 18.2. The number of methoxy groups -OCH3 is 3. The second kappa shape index (κ2) is 32.9. The third kappa shape index (κ3) is 18.6. The monoisotopic (exact) mass is 1310 g/mol. The van der Waals surface area contributed by atoms with E-state index < -0.39 is 17.8 Å². The van der Waals surface area contributed by atoms with Gasteiger partial charge in [-0.1, -0.05) is 133 Å². The first-order chi connectivity index (χ1) is 46.9. The van der Waals surface area contributed by atoms with Crippen molar-refractivity contribution in [3.8, 4) is 17.2 Å². The number of fused-ring (bicyclic) bond motifs is 3. The van der Waals surface area contributed by atoms with Crippen LogP contribution in [0.25, 0.3) is 37.2 Å². The van der Waals surface area contributed by atoms with Crippen LogP contribution in [-0.4, -0.2) is 151 Å². The molecule has 3 aliphatic heterocycles. The molecule has 12 rings (SSSR count). The van der Waals surface area contributed by atoms with Crippen molar-refractivity contribution in [3.05, 3.63) is 238 Å². The maximum absolute atomic E-state index is 12.7. The van der Waals surface area contributed by atoms with Crippen molar-refractivity contribution in [2.24, 2.45) is 16.6 Å². The zero-order chi connectivity index (χ0) is 68.5. The van der Waals surface area contributed by atoms with Gasteiger partial charge < -0.3 is 59.4 Å². The summed E-state index contributed by atoms with van der Waals surface area (Å²) in [4.78, 5) is 53.0. The molecule has 18 heteroatoms. The molecule has 3 aliphatic rings. The number of likely N-dealkylation sites (tertiary alicyclic amines) is 3. The van der Waals surface area contributed by atoms with E-state index in [1.165, 1.54) is 28.4 Å². The van der Waals surface area contributed by atoms with Gasteiger partial charge in [0.2, 0.25) is 0 Å². The zero-order valence-electron chi connectivity index (χ0n) is 56.2. The standard InChI is InChI=1S/C27H31N3O4.C26H29N3O3.C26H26N2O3/c1-30-13-12-24(17-30)34-23-10-8-20(9-11-23)25(27(31)32-2)15-18-4-5-19-6-7-21(16-22(19)14-18)26(28)29-33-3;1-29-12-11-23(16-29)32-22-9-7-19(8-10-22)24(26(30)31-2)14-17-3-4-18-5-6-20(25(27)28)15-21(18)13-17;1-27-22-9-6-19-5-4-18(14-21(19)16-22)15-25(26(29)30-3)20-7-10-23(11-8-20)31-24-12-13-28(2)17-24/h4-11,14,16,24-25H,12-13,15,17H2,1-3H3,(H2,28,29);3-10,13,15,23-24H,11-12,14,16H2,1-2H3,(H3,27,28);4-11,14,16,24-25H,12-13,15,17H2,2-3H3. The largest absolute Gasteiger partial charge is 0.489 e. The van der Waals surface area contributed by atoms with E-state index in [9.17, 15) is 14.4 Å². The van der Waals surface area contributed by atoms with E-state index in [4.69, 9.17) is 56.7 Å². The first kappa shape index (κ1) is 69.5. The predicted molar refractivity (Wildman–Crippen MR) is 381 cm³/mol. The number of nitrogens with one attached hydrogen (secondary N) is 1. The number of carbonyl (C=O) groups is 3. The SMILES string of the molecule is CO/N=C(\N)c1ccc2ccc(CC(C(=O)OC)c3ccc(OC4CCN(C)C4)cc3)cc2c1.COC(=O)C(Cc1ccc2ccc(C(=N)N)cc2c1)c1ccc(OC2CCN(C)C2)cc1.[C-]#[N+]c1ccc2ccc(CC(C(=O)OC)c3ccc(OC4CCN(C)C4)cc3)cc2c1. The summed E-state index contributed by atoms with van der Waals surface area (Å²) in [6, 6.07) is 58.9. The van der Waals surface area contributed by atoms with E-state index in [1.54, 1.807) is 0 Å². The Kier molecular flexibility index (Phi) is 23.6. The molecule has 3 fully saturated rings. The first-order valence-corrected chi connectivity index (χ1v) is 32.7. The summed E-state index contributed by atoms with van der Waals surface area (Å²) < 4.78 is 33.6. The van der Waals surface area contributed by atoms with E-state index in [0.29, 0.717) is 36.3 Å². The molecule has 9 aromatic rings. The van der Waals surface area contributed by atoms with Crippen LogP contribution in [0.5, 0.6) is 17.2 Å². The number of carbonyl (C=O) groups excluding carboxylic acids is 3. The molecule has 6 unspecified atom stereocenters. The Morgan fingerprint density at radius 3 is 1.11 bits per heavy atom. The van der Waals surface area contributed by atoms with Gasteiger partial charge in [-0.25, -0.2) is 4.85 Å². The quantitative estimate of drug-likeness (QED) is 0.0152.